The van der Waals surface area contributed by atoms with Crippen LogP contribution in [0, 0.1) is 5.92 Å². The second-order valence-electron chi connectivity index (χ2n) is 8.11. The zero-order valence-corrected chi connectivity index (χ0v) is 17.3. The van der Waals surface area contributed by atoms with Gasteiger partial charge in [0.15, 0.2) is 0 Å². The van der Waals surface area contributed by atoms with Crippen molar-refractivity contribution in [1.29, 1.82) is 0 Å². The smallest absolute Gasteiger partial charge is 0.241 e. The largest absolute Gasteiger partial charge is 0.311 e. The van der Waals surface area contributed by atoms with E-state index < -0.39 is 0 Å². The fourth-order valence-corrected chi connectivity index (χ4v) is 3.95. The van der Waals surface area contributed by atoms with Gasteiger partial charge in [0.25, 0.3) is 0 Å². The second-order valence-corrected chi connectivity index (χ2v) is 8.11. The molecule has 4 heteroatoms. The summed E-state index contributed by atoms with van der Waals surface area (Å²) in [5.74, 6) is 0.878. The van der Waals surface area contributed by atoms with Crippen LogP contribution in [0.5, 0.6) is 0 Å². The maximum absolute atomic E-state index is 12.8. The summed E-state index contributed by atoms with van der Waals surface area (Å²) in [6, 6.07) is 20.8. The van der Waals surface area contributed by atoms with Gasteiger partial charge in [-0.25, -0.2) is 0 Å². The van der Waals surface area contributed by atoms with E-state index in [-0.39, 0.29) is 5.91 Å². The number of nitrogens with zero attached hydrogens (tertiary/aromatic N) is 3. The SMILES string of the molecule is CN(C)CC(=O)N(CCC1CCN(Cc2ccccc2)CC1)c1ccccc1. The van der Waals surface area contributed by atoms with E-state index in [4.69, 9.17) is 0 Å². The van der Waals surface area contributed by atoms with E-state index in [2.05, 4.69) is 35.2 Å². The molecular weight excluding hydrogens is 346 g/mol. The van der Waals surface area contributed by atoms with Crippen LogP contribution in [-0.4, -0.2) is 56.0 Å². The highest BCUT2D eigenvalue weighted by atomic mass is 16.2. The van der Waals surface area contributed by atoms with Gasteiger partial charge in [-0.2, -0.15) is 0 Å². The van der Waals surface area contributed by atoms with Gasteiger partial charge in [-0.15, -0.1) is 0 Å². The number of carbonyl (C=O) groups excluding carboxylic acids is 1. The first-order valence-electron chi connectivity index (χ1n) is 10.4. The Bertz CT molecular complexity index is 709. The third kappa shape index (κ3) is 6.18. The quantitative estimate of drug-likeness (QED) is 0.696. The molecule has 0 N–H and O–H groups in total. The lowest BCUT2D eigenvalue weighted by molar-refractivity contribution is -0.119. The minimum absolute atomic E-state index is 0.178. The number of carbonyl (C=O) groups is 1. The molecule has 1 fully saturated rings. The molecule has 1 amide bonds. The van der Waals surface area contributed by atoms with Crippen molar-refractivity contribution in [3.05, 3.63) is 66.2 Å². The third-order valence-corrected chi connectivity index (χ3v) is 5.54. The summed E-state index contributed by atoms with van der Waals surface area (Å²) in [6.07, 6.45) is 3.52. The second kappa shape index (κ2) is 10.4. The molecule has 2 aromatic carbocycles. The van der Waals surface area contributed by atoms with Crippen molar-refractivity contribution >= 4 is 11.6 Å². The number of hydrogen-bond donors (Lipinski definition) is 0. The number of anilines is 1. The molecular formula is C24H33N3O. The van der Waals surface area contributed by atoms with E-state index in [0.717, 1.165) is 38.3 Å². The number of likely N-dealkylation sites (tertiary alicyclic amines) is 1. The molecule has 1 aliphatic rings. The molecule has 4 nitrogen and oxygen atoms in total. The average Bonchev–Trinajstić information content (AvgIpc) is 2.70. The first-order valence-corrected chi connectivity index (χ1v) is 10.4. The zero-order valence-electron chi connectivity index (χ0n) is 17.3. The van der Waals surface area contributed by atoms with Crippen molar-refractivity contribution < 1.29 is 4.79 Å². The lowest BCUT2D eigenvalue weighted by Gasteiger charge is -2.33. The number of rotatable bonds is 8. The van der Waals surface area contributed by atoms with Crippen LogP contribution in [-0.2, 0) is 11.3 Å². The van der Waals surface area contributed by atoms with Crippen LogP contribution >= 0.6 is 0 Å². The van der Waals surface area contributed by atoms with Crippen LogP contribution in [0.1, 0.15) is 24.8 Å². The van der Waals surface area contributed by atoms with Crippen LogP contribution in [0.25, 0.3) is 0 Å². The minimum atomic E-state index is 0.178. The molecule has 3 rings (SSSR count). The fraction of sp³-hybridized carbons (Fsp3) is 0.458. The van der Waals surface area contributed by atoms with Gasteiger partial charge >= 0.3 is 0 Å². The molecule has 0 aromatic heterocycles. The highest BCUT2D eigenvalue weighted by Crippen LogP contribution is 2.24. The summed E-state index contributed by atoms with van der Waals surface area (Å²) in [7, 11) is 3.90. The molecule has 0 bridgehead atoms. The predicted molar refractivity (Wildman–Crippen MR) is 116 cm³/mol. The summed E-state index contributed by atoms with van der Waals surface area (Å²) in [6.45, 7) is 4.60. The number of likely N-dealkylation sites (N-methyl/N-ethyl adjacent to an activating group) is 1. The third-order valence-electron chi connectivity index (χ3n) is 5.54. The van der Waals surface area contributed by atoms with Gasteiger partial charge < -0.3 is 9.80 Å². The number of amides is 1. The molecule has 0 radical (unpaired) electrons. The topological polar surface area (TPSA) is 26.8 Å². The monoisotopic (exact) mass is 379 g/mol. The van der Waals surface area contributed by atoms with Gasteiger partial charge in [0.1, 0.15) is 0 Å². The Kier molecular flexibility index (Phi) is 7.63. The van der Waals surface area contributed by atoms with Crippen molar-refractivity contribution in [2.24, 2.45) is 5.92 Å². The van der Waals surface area contributed by atoms with E-state index in [1.807, 2.05) is 54.2 Å². The molecule has 150 valence electrons. The lowest BCUT2D eigenvalue weighted by Crippen LogP contribution is -2.40. The van der Waals surface area contributed by atoms with Gasteiger partial charge in [0, 0.05) is 18.8 Å². The minimum Gasteiger partial charge on any atom is -0.311 e. The molecule has 0 atom stereocenters. The number of piperidine rings is 1. The molecule has 28 heavy (non-hydrogen) atoms. The summed E-state index contributed by atoms with van der Waals surface area (Å²) in [5, 5.41) is 0. The standard InChI is InChI=1S/C24H33N3O/c1-25(2)20-24(28)27(23-11-7-4-8-12-23)18-15-21-13-16-26(17-14-21)19-22-9-5-3-6-10-22/h3-12,21H,13-20H2,1-2H3. The molecule has 0 saturated carbocycles. The molecule has 1 saturated heterocycles. The van der Waals surface area contributed by atoms with Gasteiger partial charge in [0.05, 0.1) is 6.54 Å². The van der Waals surface area contributed by atoms with Crippen LogP contribution in [0.2, 0.25) is 0 Å². The molecule has 1 aliphatic heterocycles. The average molecular weight is 380 g/mol. The highest BCUT2D eigenvalue weighted by molar-refractivity contribution is 5.94. The van der Waals surface area contributed by atoms with E-state index in [1.165, 1.54) is 18.4 Å². The first-order chi connectivity index (χ1) is 13.6. The summed E-state index contributed by atoms with van der Waals surface area (Å²) in [5.41, 5.74) is 2.40. The summed E-state index contributed by atoms with van der Waals surface area (Å²) < 4.78 is 0. The van der Waals surface area contributed by atoms with Gasteiger partial charge in [-0.3, -0.25) is 9.69 Å². The van der Waals surface area contributed by atoms with Gasteiger partial charge in [-0.1, -0.05) is 48.5 Å². The molecule has 0 spiro atoms. The molecule has 0 unspecified atom stereocenters. The Morgan fingerprint density at radius 2 is 1.57 bits per heavy atom. The van der Waals surface area contributed by atoms with Crippen LogP contribution in [0.3, 0.4) is 0 Å². The Hall–Kier alpha value is -2.17. The van der Waals surface area contributed by atoms with Crippen molar-refractivity contribution in [1.82, 2.24) is 9.80 Å². The zero-order chi connectivity index (χ0) is 19.8. The Balaban J connectivity index is 1.50. The first kappa shape index (κ1) is 20.6. The van der Waals surface area contributed by atoms with Crippen LogP contribution in [0.4, 0.5) is 5.69 Å². The van der Waals surface area contributed by atoms with Crippen LogP contribution in [0.15, 0.2) is 60.7 Å². The number of para-hydroxylation sites is 1. The number of benzene rings is 2. The Labute approximate surface area is 169 Å². The van der Waals surface area contributed by atoms with Crippen LogP contribution < -0.4 is 4.90 Å². The predicted octanol–water partition coefficient (Wildman–Crippen LogP) is 3.88. The summed E-state index contributed by atoms with van der Waals surface area (Å²) >= 11 is 0. The summed E-state index contributed by atoms with van der Waals surface area (Å²) in [4.78, 5) is 19.2. The lowest BCUT2D eigenvalue weighted by atomic mass is 9.93. The molecule has 1 heterocycles. The van der Waals surface area contributed by atoms with E-state index >= 15 is 0 Å². The van der Waals surface area contributed by atoms with E-state index in [9.17, 15) is 4.79 Å². The highest BCUT2D eigenvalue weighted by Gasteiger charge is 2.22. The Morgan fingerprint density at radius 3 is 2.18 bits per heavy atom. The maximum atomic E-state index is 12.8. The maximum Gasteiger partial charge on any atom is 0.241 e. The van der Waals surface area contributed by atoms with E-state index in [0.29, 0.717) is 12.5 Å². The van der Waals surface area contributed by atoms with Crippen molar-refractivity contribution in [3.8, 4) is 0 Å². The van der Waals surface area contributed by atoms with Gasteiger partial charge in [0.2, 0.25) is 5.91 Å². The molecule has 2 aromatic rings. The number of hydrogen-bond acceptors (Lipinski definition) is 3. The van der Waals surface area contributed by atoms with Crippen molar-refractivity contribution in [2.45, 2.75) is 25.8 Å². The normalized spacial score (nSPS) is 15.7. The fourth-order valence-electron chi connectivity index (χ4n) is 3.95. The Morgan fingerprint density at radius 1 is 0.964 bits per heavy atom. The molecule has 0 aliphatic carbocycles. The van der Waals surface area contributed by atoms with Crippen molar-refractivity contribution in [3.63, 3.8) is 0 Å². The van der Waals surface area contributed by atoms with E-state index in [1.54, 1.807) is 0 Å². The van der Waals surface area contributed by atoms with Crippen molar-refractivity contribution in [2.75, 3.05) is 45.2 Å². The van der Waals surface area contributed by atoms with Gasteiger partial charge in [-0.05, 0) is 70.1 Å².